The lowest BCUT2D eigenvalue weighted by atomic mass is 9.42. The van der Waals surface area contributed by atoms with Gasteiger partial charge in [0.1, 0.15) is 41.2 Å². The van der Waals surface area contributed by atoms with Crippen LogP contribution in [0, 0.1) is 52.3 Å². The number of phenolic OH excluding ortho intramolecular Hbond substituents is 2. The molecule has 66 heavy (non-hydrogen) atoms. The Balaban J connectivity index is 0.949. The lowest BCUT2D eigenvalue weighted by Gasteiger charge is -2.64. The van der Waals surface area contributed by atoms with Gasteiger partial charge in [0.25, 0.3) is 0 Å². The third-order valence-electron chi connectivity index (χ3n) is 20.3. The maximum atomic E-state index is 12.9. The van der Waals surface area contributed by atoms with Gasteiger partial charge in [0.05, 0.1) is 35.3 Å². The third-order valence-corrected chi connectivity index (χ3v) is 20.3. The van der Waals surface area contributed by atoms with Crippen molar-refractivity contribution in [2.75, 3.05) is 19.8 Å². The van der Waals surface area contributed by atoms with Crippen LogP contribution in [0.2, 0.25) is 0 Å². The quantitative estimate of drug-likeness (QED) is 0.113. The van der Waals surface area contributed by atoms with Gasteiger partial charge in [0.15, 0.2) is 5.78 Å². The summed E-state index contributed by atoms with van der Waals surface area (Å²) in [7, 11) is 0. The fourth-order valence-corrected chi connectivity index (χ4v) is 18.0. The highest BCUT2D eigenvalue weighted by atomic mass is 16.7. The molecule has 8 fully saturated rings. The fourth-order valence-electron chi connectivity index (χ4n) is 18.0. The molecular formula is C53H66O13. The first-order valence-electron chi connectivity index (χ1n) is 25.0. The van der Waals surface area contributed by atoms with Crippen molar-refractivity contribution in [2.45, 2.75) is 165 Å². The Morgan fingerprint density at radius 1 is 0.924 bits per heavy atom. The summed E-state index contributed by atoms with van der Waals surface area (Å²) in [4.78, 5) is 25.2. The van der Waals surface area contributed by atoms with Gasteiger partial charge in [-0.05, 0) is 173 Å². The fraction of sp³-hybridized carbons (Fsp3) is 0.698. The first kappa shape index (κ1) is 43.7. The molecule has 14 unspecified atom stereocenters. The number of carbonyl (C=O) groups excluding carboxylic acids is 1. The van der Waals surface area contributed by atoms with Crippen molar-refractivity contribution in [2.24, 2.45) is 45.3 Å². The number of carbonyl (C=O) groups is 2. The first-order valence-corrected chi connectivity index (χ1v) is 25.0. The van der Waals surface area contributed by atoms with Gasteiger partial charge in [-0.3, -0.25) is 4.79 Å². The molecule has 2 aromatic carbocycles. The molecule has 13 nitrogen and oxygen atoms in total. The van der Waals surface area contributed by atoms with Crippen molar-refractivity contribution in [1.82, 2.24) is 0 Å². The number of aromatic hydroxyl groups is 2. The van der Waals surface area contributed by atoms with Gasteiger partial charge >= 0.3 is 5.97 Å². The summed E-state index contributed by atoms with van der Waals surface area (Å²) < 4.78 is 27.0. The Hall–Kier alpha value is -3.56. The molecule has 2 aromatic rings. The molecule has 6 aliphatic carbocycles. The number of fused-ring (bicyclic) bond motifs is 6. The van der Waals surface area contributed by atoms with Crippen LogP contribution in [0.4, 0.5) is 0 Å². The molecule has 4 spiro atoms. The molecule has 10 aliphatic rings. The van der Waals surface area contributed by atoms with Crippen molar-refractivity contribution in [3.05, 3.63) is 51.6 Å². The van der Waals surface area contributed by atoms with Crippen LogP contribution in [-0.2, 0) is 14.2 Å². The van der Waals surface area contributed by atoms with E-state index in [-0.39, 0.29) is 81.2 Å². The topological polar surface area (TPSA) is 213 Å². The van der Waals surface area contributed by atoms with Crippen LogP contribution in [0.5, 0.6) is 17.2 Å². The second kappa shape index (κ2) is 15.0. The number of aliphatic hydroxyl groups is 4. The van der Waals surface area contributed by atoms with Crippen LogP contribution >= 0.6 is 0 Å². The number of carboxylic acid groups (broad SMARTS) is 1. The van der Waals surface area contributed by atoms with Gasteiger partial charge in [-0.15, -0.1) is 0 Å². The smallest absolute Gasteiger partial charge is 0.335 e. The van der Waals surface area contributed by atoms with E-state index < -0.39 is 65.7 Å². The summed E-state index contributed by atoms with van der Waals surface area (Å²) in [6, 6.07) is 2.29. The van der Waals surface area contributed by atoms with Gasteiger partial charge < -0.3 is 54.7 Å². The van der Waals surface area contributed by atoms with Crippen molar-refractivity contribution in [3.63, 3.8) is 0 Å². The molecule has 3 saturated heterocycles. The van der Waals surface area contributed by atoms with Crippen LogP contribution in [0.3, 0.4) is 0 Å². The second-order valence-electron chi connectivity index (χ2n) is 23.0. The number of allylic oxidation sites excluding steroid dienone is 2. The van der Waals surface area contributed by atoms with Crippen molar-refractivity contribution >= 4 is 22.5 Å². The number of benzene rings is 2. The highest BCUT2D eigenvalue weighted by Gasteiger charge is 2.71. The lowest BCUT2D eigenvalue weighted by molar-refractivity contribution is -0.336. The molecule has 0 amide bonds. The van der Waals surface area contributed by atoms with E-state index in [2.05, 4.69) is 6.08 Å². The number of aliphatic hydroxyl groups excluding tert-OH is 4. The molecular weight excluding hydrogens is 845 g/mol. The van der Waals surface area contributed by atoms with E-state index in [1.54, 1.807) is 0 Å². The van der Waals surface area contributed by atoms with E-state index in [4.69, 9.17) is 18.9 Å². The average Bonchev–Trinajstić information content (AvgIpc) is 4.07. The van der Waals surface area contributed by atoms with E-state index in [1.165, 1.54) is 95.3 Å². The van der Waals surface area contributed by atoms with Crippen molar-refractivity contribution < 1.29 is 64.3 Å². The number of rotatable bonds is 6. The number of hydrogen-bond acceptors (Lipinski definition) is 12. The van der Waals surface area contributed by atoms with E-state index in [9.17, 15) is 45.3 Å². The molecule has 0 radical (unpaired) electrons. The number of carboxylic acids is 1. The van der Waals surface area contributed by atoms with Gasteiger partial charge in [0, 0.05) is 29.6 Å². The molecule has 13 heteroatoms. The predicted molar refractivity (Wildman–Crippen MR) is 239 cm³/mol. The van der Waals surface area contributed by atoms with E-state index >= 15 is 0 Å². The zero-order valence-corrected chi connectivity index (χ0v) is 38.2. The summed E-state index contributed by atoms with van der Waals surface area (Å²) >= 11 is 0. The average molecular weight is 911 g/mol. The Morgan fingerprint density at radius 3 is 2.45 bits per heavy atom. The SMILES string of the molecule is CC(=O)c1c(C)c(O)c2cc(C(=O)O)cc(OC3OC4C(O)CCC5OC4(CC4C6=C5CC=C6C5(CCO)COCC6CC7(CCC8(CCCC89CCCC9)C7)CC4C65)C(O)C3O)c2c1O. The molecule has 4 heterocycles. The number of ketones is 1. The van der Waals surface area contributed by atoms with Crippen LogP contribution in [0.1, 0.15) is 142 Å². The highest BCUT2D eigenvalue weighted by molar-refractivity contribution is 6.11. The van der Waals surface area contributed by atoms with Gasteiger partial charge in [-0.25, -0.2) is 4.79 Å². The van der Waals surface area contributed by atoms with Gasteiger partial charge in [-0.2, -0.15) is 0 Å². The maximum absolute atomic E-state index is 12.9. The Morgan fingerprint density at radius 2 is 1.70 bits per heavy atom. The summed E-state index contributed by atoms with van der Waals surface area (Å²) in [5.74, 6) is -2.55. The Kier molecular flexibility index (Phi) is 9.91. The monoisotopic (exact) mass is 910 g/mol. The minimum atomic E-state index is -1.78. The summed E-state index contributed by atoms with van der Waals surface area (Å²) in [5, 5.41) is 81.0. The predicted octanol–water partition coefficient (Wildman–Crippen LogP) is 7.17. The van der Waals surface area contributed by atoms with E-state index in [0.717, 1.165) is 24.5 Å². The minimum Gasteiger partial charge on any atom is -0.507 e. The van der Waals surface area contributed by atoms with Crippen molar-refractivity contribution in [3.8, 4) is 17.2 Å². The molecule has 0 aromatic heterocycles. The minimum absolute atomic E-state index is 0.0523. The normalized spacial score (nSPS) is 42.8. The molecule has 14 atom stereocenters. The molecule has 12 rings (SSSR count). The zero-order valence-electron chi connectivity index (χ0n) is 38.2. The molecule has 2 bridgehead atoms. The summed E-state index contributed by atoms with van der Waals surface area (Å²) in [5.41, 5.74) is 2.31. The van der Waals surface area contributed by atoms with Crippen LogP contribution in [-0.4, -0.2) is 110 Å². The first-order chi connectivity index (χ1) is 31.6. The van der Waals surface area contributed by atoms with Crippen LogP contribution in [0.25, 0.3) is 10.8 Å². The largest absolute Gasteiger partial charge is 0.507 e. The number of ether oxygens (including phenoxy) is 4. The van der Waals surface area contributed by atoms with Crippen molar-refractivity contribution in [1.29, 1.82) is 0 Å². The second-order valence-corrected chi connectivity index (χ2v) is 23.0. The zero-order chi connectivity index (χ0) is 45.9. The van der Waals surface area contributed by atoms with Gasteiger partial charge in [-0.1, -0.05) is 25.3 Å². The third kappa shape index (κ3) is 5.77. The molecule has 5 saturated carbocycles. The molecule has 7 N–H and O–H groups in total. The molecule has 4 aliphatic heterocycles. The summed E-state index contributed by atoms with van der Waals surface area (Å²) in [6.45, 7) is 3.98. The van der Waals surface area contributed by atoms with E-state index in [1.807, 2.05) is 0 Å². The molecule has 356 valence electrons. The standard InChI is InChI=1S/C53H66O13/c1-26-38(27(2)55)43(58)40-31(42(26)57)18-28(47(61)62)19-37(40)64-48-44(59)45(60)53-22-32-33-21-49(14-15-51(24-49)13-5-12-50(51)10-3-4-11-50)20-29-23-63-25-52(16-17-54,41(29)33)34-7-6-30(39(32)34)36(66-53)9-8-35(56)46(53)65-48/h7,18-19,29,32-33,35-36,41,44-46,48,54,56-60H,3-6,8-17,20-25H2,1-2H3,(H,61,62). The summed E-state index contributed by atoms with van der Waals surface area (Å²) in [6.07, 6.45) is 12.0. The van der Waals surface area contributed by atoms with Gasteiger partial charge in [0.2, 0.25) is 6.29 Å². The van der Waals surface area contributed by atoms with Crippen LogP contribution in [0.15, 0.2) is 34.9 Å². The Labute approximate surface area is 385 Å². The lowest BCUT2D eigenvalue weighted by Crippen LogP contribution is -2.71. The number of aromatic carboxylic acids is 1. The highest BCUT2D eigenvalue weighted by Crippen LogP contribution is 2.76. The number of Topliss-reactive ketones (excluding diaryl/α,β-unsaturated/α-hetero) is 1. The Bertz CT molecular complexity index is 2460. The van der Waals surface area contributed by atoms with Crippen LogP contribution < -0.4 is 4.74 Å². The number of phenols is 2. The van der Waals surface area contributed by atoms with E-state index in [0.29, 0.717) is 49.2 Å². The maximum Gasteiger partial charge on any atom is 0.335 e. The number of hydrogen-bond donors (Lipinski definition) is 7.